The van der Waals surface area contributed by atoms with Crippen LogP contribution in [-0.2, 0) is 0 Å². The molecule has 5 heteroatoms. The van der Waals surface area contributed by atoms with Crippen LogP contribution in [0.2, 0.25) is 0 Å². The van der Waals surface area contributed by atoms with Crippen LogP contribution in [0.1, 0.15) is 32.6 Å². The lowest BCUT2D eigenvalue weighted by atomic mass is 9.79. The average Bonchev–Trinajstić information content (AvgIpc) is 2.99. The molecule has 0 radical (unpaired) electrons. The summed E-state index contributed by atoms with van der Waals surface area (Å²) in [6.45, 7) is 2.04. The fourth-order valence-corrected chi connectivity index (χ4v) is 4.02. The number of aromatic nitrogens is 1. The van der Waals surface area contributed by atoms with Crippen molar-refractivity contribution in [3.63, 3.8) is 0 Å². The summed E-state index contributed by atoms with van der Waals surface area (Å²) in [6.07, 6.45) is 6.17. The van der Waals surface area contributed by atoms with Gasteiger partial charge >= 0.3 is 0 Å². The quantitative estimate of drug-likeness (QED) is 0.898. The molecule has 2 heterocycles. The SMILES string of the molecule is C[C@H](C#N)C1CCC(Nc2c(N)cnc3ccsc23)CC1. The molecule has 0 unspecified atom stereocenters. The van der Waals surface area contributed by atoms with Crippen LogP contribution in [0.25, 0.3) is 10.2 Å². The minimum atomic E-state index is 0.168. The molecule has 1 aliphatic rings. The van der Waals surface area contributed by atoms with Gasteiger partial charge in [-0.2, -0.15) is 5.26 Å². The van der Waals surface area contributed by atoms with Gasteiger partial charge in [-0.05, 0) is 50.0 Å². The molecule has 0 spiro atoms. The third kappa shape index (κ3) is 2.81. The van der Waals surface area contributed by atoms with E-state index in [1.54, 1.807) is 17.5 Å². The number of hydrogen-bond donors (Lipinski definition) is 2. The lowest BCUT2D eigenvalue weighted by Crippen LogP contribution is -2.28. The van der Waals surface area contributed by atoms with Crippen molar-refractivity contribution in [2.75, 3.05) is 11.1 Å². The predicted molar refractivity (Wildman–Crippen MR) is 88.2 cm³/mol. The summed E-state index contributed by atoms with van der Waals surface area (Å²) < 4.78 is 1.14. The molecule has 2 aromatic heterocycles. The summed E-state index contributed by atoms with van der Waals surface area (Å²) in [5, 5.41) is 14.7. The van der Waals surface area contributed by atoms with Crippen LogP contribution in [0.15, 0.2) is 17.6 Å². The first-order valence-corrected chi connectivity index (χ1v) is 8.35. The minimum Gasteiger partial charge on any atom is -0.396 e. The number of thiophene rings is 1. The minimum absolute atomic E-state index is 0.168. The molecule has 110 valence electrons. The van der Waals surface area contributed by atoms with Crippen molar-refractivity contribution >= 4 is 32.9 Å². The fraction of sp³-hybridized carbons (Fsp3) is 0.500. The van der Waals surface area contributed by atoms with Gasteiger partial charge < -0.3 is 11.1 Å². The highest BCUT2D eigenvalue weighted by Crippen LogP contribution is 2.36. The molecule has 2 aromatic rings. The summed E-state index contributed by atoms with van der Waals surface area (Å²) in [5.74, 6) is 0.713. The molecule has 1 saturated carbocycles. The third-order valence-corrected chi connectivity index (χ3v) is 5.46. The molecule has 4 nitrogen and oxygen atoms in total. The summed E-state index contributed by atoms with van der Waals surface area (Å²) >= 11 is 1.68. The number of nitrogens with zero attached hydrogens (tertiary/aromatic N) is 2. The van der Waals surface area contributed by atoms with Crippen LogP contribution in [-0.4, -0.2) is 11.0 Å². The van der Waals surface area contributed by atoms with E-state index >= 15 is 0 Å². The predicted octanol–water partition coefficient (Wildman–Crippen LogP) is 4.01. The number of hydrogen-bond acceptors (Lipinski definition) is 5. The highest BCUT2D eigenvalue weighted by atomic mass is 32.1. The number of nitrogens with two attached hydrogens (primary N) is 1. The highest BCUT2D eigenvalue weighted by Gasteiger charge is 2.25. The fourth-order valence-electron chi connectivity index (χ4n) is 3.15. The summed E-state index contributed by atoms with van der Waals surface area (Å²) in [5.41, 5.74) is 8.86. The average molecular weight is 300 g/mol. The van der Waals surface area contributed by atoms with Crippen LogP contribution in [0, 0.1) is 23.2 Å². The summed E-state index contributed by atoms with van der Waals surface area (Å²) in [7, 11) is 0. The molecule has 0 aliphatic heterocycles. The number of rotatable bonds is 3. The van der Waals surface area contributed by atoms with E-state index in [0.29, 0.717) is 12.0 Å². The molecule has 0 bridgehead atoms. The number of nitrogen functional groups attached to an aromatic ring is 1. The molecule has 0 aromatic carbocycles. The molecule has 3 rings (SSSR count). The Kier molecular flexibility index (Phi) is 3.98. The Morgan fingerprint density at radius 3 is 2.90 bits per heavy atom. The Hall–Kier alpha value is -1.80. The van der Waals surface area contributed by atoms with Gasteiger partial charge in [-0.3, -0.25) is 4.98 Å². The first kappa shape index (κ1) is 14.2. The smallest absolute Gasteiger partial charge is 0.0832 e. The van der Waals surface area contributed by atoms with Crippen molar-refractivity contribution < 1.29 is 0 Å². The normalized spacial score (nSPS) is 23.6. The maximum absolute atomic E-state index is 9.03. The van der Waals surface area contributed by atoms with Crippen molar-refractivity contribution in [1.29, 1.82) is 5.26 Å². The van der Waals surface area contributed by atoms with Crippen molar-refractivity contribution in [2.24, 2.45) is 11.8 Å². The van der Waals surface area contributed by atoms with E-state index < -0.39 is 0 Å². The highest BCUT2D eigenvalue weighted by molar-refractivity contribution is 7.17. The first-order chi connectivity index (χ1) is 10.2. The van der Waals surface area contributed by atoms with Crippen LogP contribution in [0.4, 0.5) is 11.4 Å². The van der Waals surface area contributed by atoms with E-state index in [0.717, 1.165) is 47.3 Å². The maximum atomic E-state index is 9.03. The van der Waals surface area contributed by atoms with E-state index in [-0.39, 0.29) is 5.92 Å². The van der Waals surface area contributed by atoms with Gasteiger partial charge in [-0.1, -0.05) is 0 Å². The maximum Gasteiger partial charge on any atom is 0.0832 e. The van der Waals surface area contributed by atoms with E-state index in [2.05, 4.69) is 16.4 Å². The van der Waals surface area contributed by atoms with Gasteiger partial charge in [0.05, 0.1) is 33.9 Å². The largest absolute Gasteiger partial charge is 0.396 e. The van der Waals surface area contributed by atoms with Gasteiger partial charge in [-0.25, -0.2) is 0 Å². The van der Waals surface area contributed by atoms with E-state index in [4.69, 9.17) is 11.0 Å². The molecule has 0 saturated heterocycles. The zero-order valence-electron chi connectivity index (χ0n) is 12.2. The lowest BCUT2D eigenvalue weighted by Gasteiger charge is -2.31. The van der Waals surface area contributed by atoms with E-state index in [9.17, 15) is 0 Å². The zero-order valence-corrected chi connectivity index (χ0v) is 13.0. The van der Waals surface area contributed by atoms with Crippen molar-refractivity contribution in [2.45, 2.75) is 38.6 Å². The van der Waals surface area contributed by atoms with Crippen molar-refractivity contribution in [3.05, 3.63) is 17.6 Å². The Morgan fingerprint density at radius 1 is 1.43 bits per heavy atom. The second kappa shape index (κ2) is 5.90. The Labute approximate surface area is 129 Å². The Bertz CT molecular complexity index is 664. The number of anilines is 2. The third-order valence-electron chi connectivity index (χ3n) is 4.53. The Balaban J connectivity index is 1.71. The molecule has 1 atom stereocenters. The second-order valence-corrected chi connectivity index (χ2v) is 6.81. The van der Waals surface area contributed by atoms with Gasteiger partial charge in [-0.15, -0.1) is 11.3 Å². The second-order valence-electron chi connectivity index (χ2n) is 5.90. The lowest BCUT2D eigenvalue weighted by molar-refractivity contribution is 0.290. The van der Waals surface area contributed by atoms with E-state index in [1.165, 1.54) is 0 Å². The van der Waals surface area contributed by atoms with Crippen LogP contribution >= 0.6 is 11.3 Å². The van der Waals surface area contributed by atoms with Gasteiger partial charge in [0.2, 0.25) is 0 Å². The van der Waals surface area contributed by atoms with Gasteiger partial charge in [0, 0.05) is 12.0 Å². The summed E-state index contributed by atoms with van der Waals surface area (Å²) in [4.78, 5) is 4.35. The molecule has 21 heavy (non-hydrogen) atoms. The molecular weight excluding hydrogens is 280 g/mol. The number of fused-ring (bicyclic) bond motifs is 1. The zero-order chi connectivity index (χ0) is 14.8. The van der Waals surface area contributed by atoms with Crippen LogP contribution in [0.3, 0.4) is 0 Å². The van der Waals surface area contributed by atoms with Gasteiger partial charge in [0.15, 0.2) is 0 Å². The van der Waals surface area contributed by atoms with Gasteiger partial charge in [0.25, 0.3) is 0 Å². The number of nitrogens with one attached hydrogen (secondary N) is 1. The monoisotopic (exact) mass is 300 g/mol. The summed E-state index contributed by atoms with van der Waals surface area (Å²) in [6, 6.07) is 4.85. The standard InChI is InChI=1S/C16H20N4S/c1-10(8-17)11-2-4-12(5-3-11)20-15-13(18)9-19-14-6-7-21-16(14)15/h6-7,9-12H,2-5,18H2,1H3,(H,19,20)/t10-,11?,12?/m1/s1. The topological polar surface area (TPSA) is 74.7 Å². The van der Waals surface area contributed by atoms with Crippen molar-refractivity contribution in [1.82, 2.24) is 4.98 Å². The van der Waals surface area contributed by atoms with Crippen molar-refractivity contribution in [3.8, 4) is 6.07 Å². The Morgan fingerprint density at radius 2 is 2.19 bits per heavy atom. The van der Waals surface area contributed by atoms with Gasteiger partial charge in [0.1, 0.15) is 0 Å². The first-order valence-electron chi connectivity index (χ1n) is 7.47. The van der Waals surface area contributed by atoms with Crippen LogP contribution in [0.5, 0.6) is 0 Å². The molecule has 0 amide bonds. The van der Waals surface area contributed by atoms with E-state index in [1.807, 2.05) is 18.4 Å². The number of nitriles is 1. The molecular formula is C16H20N4S. The molecule has 1 fully saturated rings. The molecule has 3 N–H and O–H groups in total. The molecule has 1 aliphatic carbocycles. The number of pyridine rings is 1. The van der Waals surface area contributed by atoms with Crippen LogP contribution < -0.4 is 11.1 Å².